The Hall–Kier alpha value is -3.30. The van der Waals surface area contributed by atoms with E-state index in [0.717, 1.165) is 30.2 Å². The van der Waals surface area contributed by atoms with Crippen molar-refractivity contribution in [3.8, 4) is 0 Å². The highest BCUT2D eigenvalue weighted by molar-refractivity contribution is 8.13. The molecule has 1 heterocycles. The van der Waals surface area contributed by atoms with Crippen molar-refractivity contribution in [3.05, 3.63) is 83.9 Å². The molecule has 0 saturated heterocycles. The number of aryl methyl sites for hydroxylation is 1. The summed E-state index contributed by atoms with van der Waals surface area (Å²) >= 11 is 1.00. The number of nitrogens with zero attached hydrogens (tertiary/aromatic N) is 2. The third-order valence-corrected chi connectivity index (χ3v) is 8.37. The second-order valence-corrected chi connectivity index (χ2v) is 10.9. The van der Waals surface area contributed by atoms with E-state index in [0.29, 0.717) is 22.8 Å². The average molecular weight is 496 g/mol. The van der Waals surface area contributed by atoms with Gasteiger partial charge >= 0.3 is 0 Å². The van der Waals surface area contributed by atoms with E-state index in [-0.39, 0.29) is 15.7 Å². The van der Waals surface area contributed by atoms with Crippen LogP contribution in [0.15, 0.2) is 82.6 Å². The standard InChI is InChI=1S/C25H25N3O4S2/c1-27(2)25(30)33-23-15-6-4-13-21(23)26-24(29)19-10-7-12-20(17-19)34(31,32)28-16-8-11-18-9-3-5-14-22(18)28/h3-7,9-10,12-15,17H,8,11,16H2,1-2H3,(H,26,29). The van der Waals surface area contributed by atoms with Gasteiger partial charge in [-0.25, -0.2) is 8.42 Å². The minimum absolute atomic E-state index is 0.0577. The van der Waals surface area contributed by atoms with Crippen LogP contribution in [0.2, 0.25) is 0 Å². The number of para-hydroxylation sites is 2. The van der Waals surface area contributed by atoms with Gasteiger partial charge in [0.25, 0.3) is 21.2 Å². The molecular weight excluding hydrogens is 470 g/mol. The van der Waals surface area contributed by atoms with Crippen LogP contribution >= 0.6 is 11.8 Å². The summed E-state index contributed by atoms with van der Waals surface area (Å²) in [4.78, 5) is 27.2. The molecule has 0 saturated carbocycles. The molecule has 0 aliphatic carbocycles. The number of anilines is 2. The summed E-state index contributed by atoms with van der Waals surface area (Å²) in [5, 5.41) is 2.64. The highest BCUT2D eigenvalue weighted by atomic mass is 32.2. The van der Waals surface area contributed by atoms with E-state index in [2.05, 4.69) is 5.32 Å². The molecule has 2 amide bonds. The molecule has 0 aromatic heterocycles. The smallest absolute Gasteiger partial charge is 0.286 e. The van der Waals surface area contributed by atoms with Gasteiger partial charge in [0, 0.05) is 31.1 Å². The predicted octanol–water partition coefficient (Wildman–Crippen LogP) is 4.85. The van der Waals surface area contributed by atoms with Gasteiger partial charge in [-0.3, -0.25) is 13.9 Å². The largest absolute Gasteiger partial charge is 0.339 e. The number of carbonyl (C=O) groups is 2. The average Bonchev–Trinajstić information content (AvgIpc) is 2.84. The van der Waals surface area contributed by atoms with E-state index in [4.69, 9.17) is 0 Å². The van der Waals surface area contributed by atoms with Crippen LogP contribution in [-0.4, -0.2) is 45.1 Å². The minimum Gasteiger partial charge on any atom is -0.339 e. The Labute approximate surface area is 203 Å². The number of rotatable bonds is 5. The Kier molecular flexibility index (Phi) is 6.95. The van der Waals surface area contributed by atoms with E-state index in [9.17, 15) is 18.0 Å². The SMILES string of the molecule is CN(C)C(=O)Sc1ccccc1NC(=O)c1cccc(S(=O)(=O)N2CCCc3ccccc32)c1. The van der Waals surface area contributed by atoms with Crippen molar-refractivity contribution in [2.45, 2.75) is 22.6 Å². The molecule has 0 spiro atoms. The Balaban J connectivity index is 1.59. The first-order chi connectivity index (χ1) is 16.3. The zero-order valence-electron chi connectivity index (χ0n) is 18.9. The second-order valence-electron chi connectivity index (χ2n) is 8.05. The van der Waals surface area contributed by atoms with Gasteiger partial charge in [-0.05, 0) is 66.6 Å². The summed E-state index contributed by atoms with van der Waals surface area (Å²) in [6.45, 7) is 0.389. The summed E-state index contributed by atoms with van der Waals surface area (Å²) in [6, 6.07) is 20.5. The van der Waals surface area contributed by atoms with E-state index >= 15 is 0 Å². The third-order valence-electron chi connectivity index (χ3n) is 5.45. The maximum absolute atomic E-state index is 13.5. The van der Waals surface area contributed by atoms with Crippen LogP contribution in [0.25, 0.3) is 0 Å². The van der Waals surface area contributed by atoms with E-state index in [1.807, 2.05) is 24.3 Å². The normalized spacial score (nSPS) is 13.2. The van der Waals surface area contributed by atoms with Gasteiger partial charge in [0.05, 0.1) is 16.3 Å². The van der Waals surface area contributed by atoms with Crippen LogP contribution in [0.4, 0.5) is 16.2 Å². The molecule has 0 unspecified atom stereocenters. The zero-order chi connectivity index (χ0) is 24.3. The van der Waals surface area contributed by atoms with Crippen molar-refractivity contribution in [1.82, 2.24) is 4.90 Å². The van der Waals surface area contributed by atoms with Crippen LogP contribution in [0.1, 0.15) is 22.3 Å². The zero-order valence-corrected chi connectivity index (χ0v) is 20.5. The lowest BCUT2D eigenvalue weighted by Crippen LogP contribution is -2.35. The number of carbonyl (C=O) groups excluding carboxylic acids is 2. The molecule has 0 atom stereocenters. The van der Waals surface area contributed by atoms with Crippen molar-refractivity contribution in [3.63, 3.8) is 0 Å². The van der Waals surface area contributed by atoms with Gasteiger partial charge in [-0.1, -0.05) is 36.4 Å². The fourth-order valence-electron chi connectivity index (χ4n) is 3.71. The van der Waals surface area contributed by atoms with Crippen LogP contribution in [0.3, 0.4) is 0 Å². The topological polar surface area (TPSA) is 86.8 Å². The summed E-state index contributed by atoms with van der Waals surface area (Å²) in [7, 11) is -0.527. The molecule has 34 heavy (non-hydrogen) atoms. The minimum atomic E-state index is -3.84. The van der Waals surface area contributed by atoms with E-state index < -0.39 is 15.9 Å². The van der Waals surface area contributed by atoms with Crippen LogP contribution in [0.5, 0.6) is 0 Å². The molecule has 1 aliphatic heterocycles. The van der Waals surface area contributed by atoms with Gasteiger partial charge in [-0.15, -0.1) is 0 Å². The molecular formula is C25H25N3O4S2. The van der Waals surface area contributed by atoms with Crippen LogP contribution in [0, 0.1) is 0 Å². The number of thioether (sulfide) groups is 1. The third kappa shape index (κ3) is 4.95. The lowest BCUT2D eigenvalue weighted by Gasteiger charge is -2.30. The molecule has 176 valence electrons. The number of benzene rings is 3. The van der Waals surface area contributed by atoms with E-state index in [1.54, 1.807) is 50.5 Å². The van der Waals surface area contributed by atoms with E-state index in [1.165, 1.54) is 21.3 Å². The molecule has 3 aromatic rings. The first-order valence-electron chi connectivity index (χ1n) is 10.8. The molecule has 1 N–H and O–H groups in total. The highest BCUT2D eigenvalue weighted by Crippen LogP contribution is 2.32. The fraction of sp³-hybridized carbons (Fsp3) is 0.200. The summed E-state index contributed by atoms with van der Waals surface area (Å²) in [5.74, 6) is -0.457. The Morgan fingerprint density at radius 1 is 0.971 bits per heavy atom. The van der Waals surface area contributed by atoms with Gasteiger partial charge < -0.3 is 10.2 Å². The number of amides is 2. The monoisotopic (exact) mass is 495 g/mol. The quantitative estimate of drug-likeness (QED) is 0.511. The lowest BCUT2D eigenvalue weighted by atomic mass is 10.0. The van der Waals surface area contributed by atoms with Crippen LogP contribution in [-0.2, 0) is 16.4 Å². The van der Waals surface area contributed by atoms with Gasteiger partial charge in [0.15, 0.2) is 0 Å². The Morgan fingerprint density at radius 2 is 1.71 bits per heavy atom. The van der Waals surface area contributed by atoms with Gasteiger partial charge in [0.1, 0.15) is 0 Å². The van der Waals surface area contributed by atoms with Crippen molar-refractivity contribution in [2.24, 2.45) is 0 Å². The molecule has 0 fully saturated rings. The number of sulfonamides is 1. The Bertz CT molecular complexity index is 1340. The molecule has 1 aliphatic rings. The molecule has 9 heteroatoms. The van der Waals surface area contributed by atoms with Crippen LogP contribution < -0.4 is 9.62 Å². The fourth-order valence-corrected chi connectivity index (χ4v) is 6.05. The molecule has 7 nitrogen and oxygen atoms in total. The van der Waals surface area contributed by atoms with Crippen molar-refractivity contribution < 1.29 is 18.0 Å². The summed E-state index contributed by atoms with van der Waals surface area (Å²) < 4.78 is 28.4. The van der Waals surface area contributed by atoms with Crippen molar-refractivity contribution in [2.75, 3.05) is 30.3 Å². The van der Waals surface area contributed by atoms with Crippen molar-refractivity contribution in [1.29, 1.82) is 0 Å². The lowest BCUT2D eigenvalue weighted by molar-refractivity contribution is 0.102. The number of hydrogen-bond donors (Lipinski definition) is 1. The predicted molar refractivity (Wildman–Crippen MR) is 135 cm³/mol. The maximum atomic E-state index is 13.5. The van der Waals surface area contributed by atoms with Gasteiger partial charge in [-0.2, -0.15) is 0 Å². The number of nitrogens with one attached hydrogen (secondary N) is 1. The Morgan fingerprint density at radius 3 is 2.50 bits per heavy atom. The number of hydrogen-bond acceptors (Lipinski definition) is 5. The number of fused-ring (bicyclic) bond motifs is 1. The summed E-state index contributed by atoms with van der Waals surface area (Å²) in [5.41, 5.74) is 2.36. The molecule has 3 aromatic carbocycles. The first-order valence-corrected chi connectivity index (χ1v) is 13.0. The molecule has 0 radical (unpaired) electrons. The maximum Gasteiger partial charge on any atom is 0.286 e. The highest BCUT2D eigenvalue weighted by Gasteiger charge is 2.29. The molecule has 4 rings (SSSR count). The van der Waals surface area contributed by atoms with Crippen molar-refractivity contribution >= 4 is 44.3 Å². The first kappa shape index (κ1) is 23.8. The summed E-state index contributed by atoms with van der Waals surface area (Å²) in [6.07, 6.45) is 1.56. The second kappa shape index (κ2) is 9.90. The van der Waals surface area contributed by atoms with Gasteiger partial charge in [0.2, 0.25) is 0 Å². The molecule has 0 bridgehead atoms.